The molecule has 3 aliphatic carbocycles. The van der Waals surface area contributed by atoms with E-state index in [1.807, 2.05) is 0 Å². The molecule has 0 radical (unpaired) electrons. The number of hydrogen-bond donors (Lipinski definition) is 0. The molecule has 0 spiro atoms. The van der Waals surface area contributed by atoms with Gasteiger partial charge in [-0.15, -0.1) is 13.2 Å². The molecule has 1 atom stereocenters. The van der Waals surface area contributed by atoms with Crippen molar-refractivity contribution in [2.24, 2.45) is 29.6 Å². The third-order valence-corrected chi connectivity index (χ3v) is 8.52. The maximum absolute atomic E-state index is 14.6. The second kappa shape index (κ2) is 9.70. The average molecular weight is 441 g/mol. The Labute approximate surface area is 183 Å². The molecular formula is C26H36F4O. The summed E-state index contributed by atoms with van der Waals surface area (Å²) >= 11 is 0. The van der Waals surface area contributed by atoms with E-state index in [1.165, 1.54) is 64.2 Å². The Morgan fingerprint density at radius 3 is 2.00 bits per heavy atom. The normalized spacial score (nSPS) is 31.8. The lowest BCUT2D eigenvalue weighted by molar-refractivity contribution is -0.275. The molecule has 1 aromatic carbocycles. The fourth-order valence-corrected chi connectivity index (χ4v) is 6.87. The summed E-state index contributed by atoms with van der Waals surface area (Å²) in [6.45, 7) is 2.29. The predicted octanol–water partition coefficient (Wildman–Crippen LogP) is 8.24. The van der Waals surface area contributed by atoms with Gasteiger partial charge in [-0.2, -0.15) is 0 Å². The maximum Gasteiger partial charge on any atom is 0.573 e. The van der Waals surface area contributed by atoms with E-state index in [4.69, 9.17) is 0 Å². The van der Waals surface area contributed by atoms with Crippen LogP contribution in [0.4, 0.5) is 17.6 Å². The third-order valence-electron chi connectivity index (χ3n) is 8.52. The minimum absolute atomic E-state index is 0.426. The maximum atomic E-state index is 14.6. The molecule has 5 heteroatoms. The Morgan fingerprint density at radius 2 is 1.42 bits per heavy atom. The first-order valence-electron chi connectivity index (χ1n) is 12.4. The minimum atomic E-state index is -4.86. The zero-order valence-electron chi connectivity index (χ0n) is 18.7. The quantitative estimate of drug-likeness (QED) is 0.419. The van der Waals surface area contributed by atoms with Crippen LogP contribution in [0.15, 0.2) is 12.1 Å². The number of hydrogen-bond acceptors (Lipinski definition) is 1. The van der Waals surface area contributed by atoms with Gasteiger partial charge in [-0.25, -0.2) is 4.39 Å². The van der Waals surface area contributed by atoms with Gasteiger partial charge in [0, 0.05) is 0 Å². The van der Waals surface area contributed by atoms with Crippen LogP contribution in [0.3, 0.4) is 0 Å². The molecule has 0 saturated heterocycles. The van der Waals surface area contributed by atoms with Crippen LogP contribution >= 0.6 is 0 Å². The summed E-state index contributed by atoms with van der Waals surface area (Å²) in [7, 11) is 0. The van der Waals surface area contributed by atoms with E-state index >= 15 is 0 Å². The summed E-state index contributed by atoms with van der Waals surface area (Å²) in [6, 6.07) is 2.79. The van der Waals surface area contributed by atoms with Crippen molar-refractivity contribution in [3.05, 3.63) is 29.1 Å². The topological polar surface area (TPSA) is 9.23 Å². The number of rotatable bonds is 5. The molecule has 4 rings (SSSR count). The van der Waals surface area contributed by atoms with Gasteiger partial charge in [-0.1, -0.05) is 38.7 Å². The van der Waals surface area contributed by atoms with Crippen molar-refractivity contribution in [2.75, 3.05) is 0 Å². The Balaban J connectivity index is 1.30. The predicted molar refractivity (Wildman–Crippen MR) is 114 cm³/mol. The molecular weight excluding hydrogens is 404 g/mol. The Kier molecular flexibility index (Phi) is 7.17. The van der Waals surface area contributed by atoms with Crippen LogP contribution in [-0.4, -0.2) is 6.36 Å². The molecule has 0 bridgehead atoms. The van der Waals surface area contributed by atoms with Crippen LogP contribution in [0.25, 0.3) is 0 Å². The zero-order chi connectivity index (χ0) is 22.0. The lowest BCUT2D eigenvalue weighted by atomic mass is 9.65. The largest absolute Gasteiger partial charge is 0.573 e. The standard InChI is InChI=1S/C26H36F4O/c1-2-3-17-4-6-18(7-5-17)19-8-10-20(11-9-19)21-12-14-23-22(16-21)13-15-24(25(23)27)31-26(28,29)30/h13,15,17-21H,2-12,14,16H2,1H3. The van der Waals surface area contributed by atoms with Gasteiger partial charge >= 0.3 is 6.36 Å². The fraction of sp³-hybridized carbons (Fsp3) is 0.769. The minimum Gasteiger partial charge on any atom is -0.403 e. The SMILES string of the molecule is CCCC1CCC(C2CCC(C3CCc4c(ccc(OC(F)(F)F)c4F)C3)CC2)CC1. The van der Waals surface area contributed by atoms with Gasteiger partial charge < -0.3 is 4.74 Å². The van der Waals surface area contributed by atoms with Crippen molar-refractivity contribution in [3.8, 4) is 5.75 Å². The molecule has 2 fully saturated rings. The molecule has 1 aromatic rings. The van der Waals surface area contributed by atoms with Gasteiger partial charge in [0.1, 0.15) is 0 Å². The lowest BCUT2D eigenvalue weighted by Gasteiger charge is -2.41. The van der Waals surface area contributed by atoms with Gasteiger partial charge in [-0.05, 0) is 105 Å². The van der Waals surface area contributed by atoms with Crippen LogP contribution in [0.2, 0.25) is 0 Å². The Morgan fingerprint density at radius 1 is 0.839 bits per heavy atom. The lowest BCUT2D eigenvalue weighted by Crippen LogP contribution is -2.30. The molecule has 174 valence electrons. The first kappa shape index (κ1) is 22.9. The van der Waals surface area contributed by atoms with E-state index in [0.717, 1.165) is 42.2 Å². The Hall–Kier alpha value is -1.26. The molecule has 2 saturated carbocycles. The van der Waals surface area contributed by atoms with Crippen LogP contribution in [0.1, 0.15) is 88.7 Å². The van der Waals surface area contributed by atoms with Crippen molar-refractivity contribution in [1.82, 2.24) is 0 Å². The first-order chi connectivity index (χ1) is 14.8. The second-order valence-electron chi connectivity index (χ2n) is 10.3. The summed E-state index contributed by atoms with van der Waals surface area (Å²) < 4.78 is 55.9. The van der Waals surface area contributed by atoms with Gasteiger partial charge in [0.2, 0.25) is 0 Å². The highest BCUT2D eigenvalue weighted by molar-refractivity contribution is 5.39. The monoisotopic (exact) mass is 440 g/mol. The fourth-order valence-electron chi connectivity index (χ4n) is 6.87. The highest BCUT2D eigenvalue weighted by atomic mass is 19.4. The van der Waals surface area contributed by atoms with E-state index < -0.39 is 17.9 Å². The highest BCUT2D eigenvalue weighted by Crippen LogP contribution is 2.46. The van der Waals surface area contributed by atoms with Crippen molar-refractivity contribution in [3.63, 3.8) is 0 Å². The van der Waals surface area contributed by atoms with Crippen LogP contribution in [0.5, 0.6) is 5.75 Å². The van der Waals surface area contributed by atoms with Crippen LogP contribution < -0.4 is 4.74 Å². The van der Waals surface area contributed by atoms with Gasteiger partial charge in [0.25, 0.3) is 0 Å². The molecule has 31 heavy (non-hydrogen) atoms. The van der Waals surface area contributed by atoms with E-state index in [2.05, 4.69) is 11.7 Å². The molecule has 3 aliphatic rings. The molecule has 1 unspecified atom stereocenters. The molecule has 0 N–H and O–H groups in total. The smallest absolute Gasteiger partial charge is 0.403 e. The van der Waals surface area contributed by atoms with Crippen LogP contribution in [-0.2, 0) is 12.8 Å². The van der Waals surface area contributed by atoms with E-state index in [9.17, 15) is 17.6 Å². The van der Waals surface area contributed by atoms with E-state index in [-0.39, 0.29) is 0 Å². The zero-order valence-corrected chi connectivity index (χ0v) is 18.7. The summed E-state index contributed by atoms with van der Waals surface area (Å²) in [5, 5.41) is 0. The number of alkyl halides is 3. The molecule has 0 heterocycles. The molecule has 1 nitrogen and oxygen atoms in total. The summed E-state index contributed by atoms with van der Waals surface area (Å²) in [5.74, 6) is 2.45. The summed E-state index contributed by atoms with van der Waals surface area (Å²) in [4.78, 5) is 0. The average Bonchev–Trinajstić information content (AvgIpc) is 2.76. The van der Waals surface area contributed by atoms with Gasteiger partial charge in [-0.3, -0.25) is 0 Å². The first-order valence-corrected chi connectivity index (χ1v) is 12.4. The molecule has 0 amide bonds. The van der Waals surface area contributed by atoms with Crippen molar-refractivity contribution in [1.29, 1.82) is 0 Å². The van der Waals surface area contributed by atoms with Gasteiger partial charge in [0.15, 0.2) is 11.6 Å². The number of benzene rings is 1. The number of ether oxygens (including phenoxy) is 1. The van der Waals surface area contributed by atoms with E-state index in [0.29, 0.717) is 23.8 Å². The third kappa shape index (κ3) is 5.57. The summed E-state index contributed by atoms with van der Waals surface area (Å²) in [6.07, 6.45) is 10.9. The number of fused-ring (bicyclic) bond motifs is 1. The second-order valence-corrected chi connectivity index (χ2v) is 10.3. The number of halogens is 4. The molecule has 0 aliphatic heterocycles. The summed E-state index contributed by atoms with van der Waals surface area (Å²) in [5.41, 5.74) is 1.30. The molecule has 0 aromatic heterocycles. The highest BCUT2D eigenvalue weighted by Gasteiger charge is 2.36. The van der Waals surface area contributed by atoms with Crippen molar-refractivity contribution >= 4 is 0 Å². The van der Waals surface area contributed by atoms with E-state index in [1.54, 1.807) is 6.07 Å². The van der Waals surface area contributed by atoms with Crippen molar-refractivity contribution < 1.29 is 22.3 Å². The Bertz CT molecular complexity index is 728. The van der Waals surface area contributed by atoms with Crippen LogP contribution in [0, 0.1) is 35.4 Å². The van der Waals surface area contributed by atoms with Gasteiger partial charge in [0.05, 0.1) is 0 Å². The van der Waals surface area contributed by atoms with Crippen molar-refractivity contribution in [2.45, 2.75) is 96.8 Å².